The van der Waals surface area contributed by atoms with Crippen molar-refractivity contribution in [2.45, 2.75) is 87.4 Å². The number of ether oxygens (including phenoxy) is 3. The number of nitrogens with zero attached hydrogens (tertiary/aromatic N) is 1. The molecule has 6 atom stereocenters. The van der Waals surface area contributed by atoms with Gasteiger partial charge in [-0.2, -0.15) is 0 Å². The molecule has 1 aromatic rings. The van der Waals surface area contributed by atoms with E-state index in [0.717, 1.165) is 37.1 Å². The van der Waals surface area contributed by atoms with Crippen LogP contribution in [0.4, 0.5) is 0 Å². The first kappa shape index (κ1) is 27.2. The summed E-state index contributed by atoms with van der Waals surface area (Å²) in [5, 5.41) is 28.1. The molecule has 0 radical (unpaired) electrons. The fourth-order valence-corrected chi connectivity index (χ4v) is 7.45. The SMILES string of the molecule is C[C@H](OC(=O)CCNC(=O)[C@@H]1CCCN1)C(=O)OC1=CC[C@@]2(O)[C@H]3Cc4ccc(CO)c5c4[C@@]2(CCN3C)[C@H]1O5. The normalized spacial score (nSPS) is 32.4. The molecule has 2 saturated heterocycles. The first-order valence-corrected chi connectivity index (χ1v) is 14.2. The highest BCUT2D eigenvalue weighted by Gasteiger charge is 2.71. The van der Waals surface area contributed by atoms with Gasteiger partial charge in [-0.25, -0.2) is 4.79 Å². The Morgan fingerprint density at radius 2 is 2.15 bits per heavy atom. The third-order valence-corrected chi connectivity index (χ3v) is 9.49. The lowest BCUT2D eigenvalue weighted by Gasteiger charge is -2.61. The molecule has 2 bridgehead atoms. The molecular weight excluding hydrogens is 518 g/mol. The highest BCUT2D eigenvalue weighted by atomic mass is 16.6. The second kappa shape index (κ2) is 10.1. The Balaban J connectivity index is 1.15. The van der Waals surface area contributed by atoms with Crippen LogP contribution in [0.1, 0.15) is 55.7 Å². The number of hydrogen-bond acceptors (Lipinski definition) is 10. The average molecular weight is 556 g/mol. The van der Waals surface area contributed by atoms with Gasteiger partial charge in [0, 0.05) is 30.1 Å². The van der Waals surface area contributed by atoms with Gasteiger partial charge < -0.3 is 40.0 Å². The largest absolute Gasteiger partial charge is 0.481 e. The molecule has 2 fully saturated rings. The number of aliphatic hydroxyl groups excluding tert-OH is 1. The number of likely N-dealkylation sites (N-methyl/N-ethyl adjacent to an activating group) is 1. The van der Waals surface area contributed by atoms with Gasteiger partial charge in [0.2, 0.25) is 5.91 Å². The minimum atomic E-state index is -1.18. The second-order valence-electron chi connectivity index (χ2n) is 11.6. The van der Waals surface area contributed by atoms with Crippen molar-refractivity contribution in [3.05, 3.63) is 40.7 Å². The van der Waals surface area contributed by atoms with E-state index in [1.807, 2.05) is 19.2 Å². The Bertz CT molecular complexity index is 1260. The van der Waals surface area contributed by atoms with Gasteiger partial charge in [0.15, 0.2) is 12.2 Å². The van der Waals surface area contributed by atoms with Gasteiger partial charge in [-0.1, -0.05) is 12.1 Å². The zero-order valence-corrected chi connectivity index (χ0v) is 22.9. The number of likely N-dealkylation sites (tertiary alicyclic amines) is 1. The molecule has 0 aromatic heterocycles. The maximum absolute atomic E-state index is 13.1. The average Bonchev–Trinajstić information content (AvgIpc) is 3.59. The monoisotopic (exact) mass is 555 g/mol. The van der Waals surface area contributed by atoms with Gasteiger partial charge in [-0.15, -0.1) is 0 Å². The number of piperidine rings is 1. The minimum absolute atomic E-state index is 0.0718. The molecule has 6 rings (SSSR count). The number of nitrogens with one attached hydrogen (secondary N) is 2. The van der Waals surface area contributed by atoms with E-state index in [9.17, 15) is 24.6 Å². The molecule has 11 heteroatoms. The van der Waals surface area contributed by atoms with Crippen molar-refractivity contribution >= 4 is 17.8 Å². The fourth-order valence-electron chi connectivity index (χ4n) is 7.45. The van der Waals surface area contributed by atoms with Crippen molar-refractivity contribution in [2.24, 2.45) is 0 Å². The molecule has 1 amide bonds. The van der Waals surface area contributed by atoms with Gasteiger partial charge in [0.25, 0.3) is 0 Å². The van der Waals surface area contributed by atoms with Crippen LogP contribution in [0.3, 0.4) is 0 Å². The van der Waals surface area contributed by atoms with Crippen molar-refractivity contribution in [1.29, 1.82) is 0 Å². The summed E-state index contributed by atoms with van der Waals surface area (Å²) in [6, 6.07) is 3.49. The third-order valence-electron chi connectivity index (χ3n) is 9.49. The van der Waals surface area contributed by atoms with E-state index in [4.69, 9.17) is 14.2 Å². The maximum Gasteiger partial charge on any atom is 0.352 e. The molecular formula is C29H37N3O8. The van der Waals surface area contributed by atoms with E-state index in [-0.39, 0.29) is 49.7 Å². The van der Waals surface area contributed by atoms with Crippen LogP contribution in [-0.4, -0.2) is 89.5 Å². The van der Waals surface area contributed by atoms with E-state index in [1.54, 1.807) is 6.08 Å². The van der Waals surface area contributed by atoms with Crippen LogP contribution in [0, 0.1) is 0 Å². The second-order valence-corrected chi connectivity index (χ2v) is 11.6. The summed E-state index contributed by atoms with van der Waals surface area (Å²) in [5.74, 6) is -0.676. The Hall–Kier alpha value is -2.99. The molecule has 4 N–H and O–H groups in total. The predicted octanol–water partition coefficient (Wildman–Crippen LogP) is 0.190. The smallest absolute Gasteiger partial charge is 0.352 e. The number of hydrogen-bond donors (Lipinski definition) is 4. The molecule has 0 unspecified atom stereocenters. The van der Waals surface area contributed by atoms with Crippen molar-refractivity contribution < 1.29 is 38.8 Å². The Morgan fingerprint density at radius 1 is 1.32 bits per heavy atom. The number of carbonyl (C=O) groups is 3. The van der Waals surface area contributed by atoms with E-state index in [0.29, 0.717) is 24.2 Å². The third kappa shape index (κ3) is 4.05. The lowest BCUT2D eigenvalue weighted by Crippen LogP contribution is -2.74. The highest BCUT2D eigenvalue weighted by molar-refractivity contribution is 5.83. The summed E-state index contributed by atoms with van der Waals surface area (Å²) in [5.41, 5.74) is 0.651. The molecule has 11 nitrogen and oxygen atoms in total. The van der Waals surface area contributed by atoms with E-state index in [2.05, 4.69) is 15.5 Å². The molecule has 3 heterocycles. The van der Waals surface area contributed by atoms with Crippen molar-refractivity contribution in [3.63, 3.8) is 0 Å². The lowest BCUT2D eigenvalue weighted by atomic mass is 9.50. The van der Waals surface area contributed by atoms with Crippen molar-refractivity contribution in [3.8, 4) is 5.75 Å². The number of carbonyl (C=O) groups excluding carboxylic acids is 3. The Labute approximate surface area is 232 Å². The summed E-state index contributed by atoms with van der Waals surface area (Å²) < 4.78 is 17.6. The molecule has 2 aliphatic carbocycles. The quantitative estimate of drug-likeness (QED) is 0.328. The van der Waals surface area contributed by atoms with Gasteiger partial charge in [0.1, 0.15) is 11.5 Å². The van der Waals surface area contributed by atoms with Crippen LogP contribution < -0.4 is 15.4 Å². The van der Waals surface area contributed by atoms with Crippen LogP contribution in [0.5, 0.6) is 5.75 Å². The zero-order chi connectivity index (χ0) is 28.2. The summed E-state index contributed by atoms with van der Waals surface area (Å²) >= 11 is 0. The number of benzene rings is 1. The number of rotatable bonds is 8. The van der Waals surface area contributed by atoms with Crippen molar-refractivity contribution in [2.75, 3.05) is 26.7 Å². The van der Waals surface area contributed by atoms with Gasteiger partial charge in [-0.05, 0) is 64.4 Å². The summed E-state index contributed by atoms with van der Waals surface area (Å²) in [6.45, 7) is 2.88. The molecule has 3 aliphatic heterocycles. The number of esters is 2. The van der Waals surface area contributed by atoms with E-state index >= 15 is 0 Å². The molecule has 0 saturated carbocycles. The lowest BCUT2D eigenvalue weighted by molar-refractivity contribution is -0.175. The minimum Gasteiger partial charge on any atom is -0.481 e. The maximum atomic E-state index is 13.1. The Kier molecular flexibility index (Phi) is 6.89. The fraction of sp³-hybridized carbons (Fsp3) is 0.621. The highest BCUT2D eigenvalue weighted by Crippen LogP contribution is 2.64. The number of amides is 1. The van der Waals surface area contributed by atoms with Crippen LogP contribution >= 0.6 is 0 Å². The van der Waals surface area contributed by atoms with Crippen molar-refractivity contribution in [1.82, 2.24) is 15.5 Å². The standard InChI is InChI=1S/C29H37N3O8/c1-16(38-22(34)8-12-31-26(35)19-4-3-11-30-19)27(36)39-20-7-9-29(37)21-14-17-5-6-18(15-33)24-23(17)28(29,25(20)40-24)10-13-32(21)2/h5-7,16,19,21,25,30,33,37H,3-4,8-15H2,1-2H3,(H,31,35)/t16-,19-,21+,25-,28-,29+/m0/s1. The summed E-state index contributed by atoms with van der Waals surface area (Å²) in [4.78, 5) is 39.7. The zero-order valence-electron chi connectivity index (χ0n) is 22.9. The molecule has 1 spiro atoms. The van der Waals surface area contributed by atoms with Crippen LogP contribution in [0.15, 0.2) is 24.0 Å². The first-order chi connectivity index (χ1) is 19.2. The molecule has 40 heavy (non-hydrogen) atoms. The van der Waals surface area contributed by atoms with Crippen LogP contribution in [0.25, 0.3) is 0 Å². The summed E-state index contributed by atoms with van der Waals surface area (Å²) in [6.07, 6.45) is 2.94. The van der Waals surface area contributed by atoms with Gasteiger partial charge >= 0.3 is 11.9 Å². The van der Waals surface area contributed by atoms with Crippen LogP contribution in [0.2, 0.25) is 0 Å². The van der Waals surface area contributed by atoms with E-state index in [1.165, 1.54) is 6.92 Å². The van der Waals surface area contributed by atoms with Crippen LogP contribution in [-0.2, 0) is 42.3 Å². The van der Waals surface area contributed by atoms with Gasteiger partial charge in [0.05, 0.1) is 30.1 Å². The topological polar surface area (TPSA) is 147 Å². The van der Waals surface area contributed by atoms with Gasteiger partial charge in [-0.3, -0.25) is 9.59 Å². The summed E-state index contributed by atoms with van der Waals surface area (Å²) in [7, 11) is 2.01. The molecule has 5 aliphatic rings. The Morgan fingerprint density at radius 3 is 2.90 bits per heavy atom. The molecule has 1 aromatic carbocycles. The number of aliphatic hydroxyl groups is 2. The van der Waals surface area contributed by atoms with E-state index < -0.39 is 35.2 Å². The first-order valence-electron chi connectivity index (χ1n) is 14.2. The molecule has 216 valence electrons. The predicted molar refractivity (Wildman–Crippen MR) is 141 cm³/mol.